The van der Waals surface area contributed by atoms with Crippen LogP contribution >= 0.6 is 0 Å². The van der Waals surface area contributed by atoms with Crippen LogP contribution < -0.4 is 14.2 Å². The molecule has 2 aromatic carbocycles. The Bertz CT molecular complexity index is 1330. The number of ether oxygens (including phenoxy) is 3. The molecule has 0 aromatic heterocycles. The van der Waals surface area contributed by atoms with Crippen LogP contribution in [0.5, 0.6) is 17.2 Å². The van der Waals surface area contributed by atoms with Gasteiger partial charge in [-0.2, -0.15) is 0 Å². The average Bonchev–Trinajstić information content (AvgIpc) is 2.83. The maximum atomic E-state index is 10.6. The van der Waals surface area contributed by atoms with Crippen LogP contribution in [0, 0.1) is 6.92 Å². The Hall–Kier alpha value is -2.20. The summed E-state index contributed by atoms with van der Waals surface area (Å²) in [6, 6.07) is -5.58. The fourth-order valence-electron chi connectivity index (χ4n) is 1.61. The lowest BCUT2D eigenvalue weighted by atomic mass is 10.0. The summed E-state index contributed by atoms with van der Waals surface area (Å²) in [6.45, 7) is -0.0235. The highest BCUT2D eigenvalue weighted by atomic mass is 16.5. The van der Waals surface area contributed by atoms with Gasteiger partial charge in [-0.3, -0.25) is 0 Å². The molecule has 0 aliphatic carbocycles. The number of benzene rings is 2. The highest BCUT2D eigenvalue weighted by Crippen LogP contribution is 2.28. The van der Waals surface area contributed by atoms with E-state index in [1.807, 2.05) is 0 Å². The van der Waals surface area contributed by atoms with Crippen molar-refractivity contribution in [3.63, 3.8) is 0 Å². The summed E-state index contributed by atoms with van der Waals surface area (Å²) in [5.74, 6) is -2.33. The van der Waals surface area contributed by atoms with Crippen LogP contribution in [-0.4, -0.2) is 31.9 Å². The van der Waals surface area contributed by atoms with E-state index < -0.39 is 110 Å². The van der Waals surface area contributed by atoms with E-state index in [4.69, 9.17) is 32.8 Å². The summed E-state index contributed by atoms with van der Waals surface area (Å²) in [7, 11) is -2.22. The summed E-state index contributed by atoms with van der Waals surface area (Å²) < 4.78 is 151. The molecular formula is C21H28O4. The molecule has 0 amide bonds. The van der Waals surface area contributed by atoms with Gasteiger partial charge in [0, 0.05) is 8.22 Å². The molecule has 2 rings (SSSR count). The van der Waals surface area contributed by atoms with Gasteiger partial charge in [-0.25, -0.2) is 0 Å². The van der Waals surface area contributed by atoms with Crippen LogP contribution in [0.25, 0.3) is 0 Å². The van der Waals surface area contributed by atoms with Crippen molar-refractivity contribution in [2.75, 3.05) is 20.8 Å². The smallest absolute Gasteiger partial charge is 0.160 e. The Morgan fingerprint density at radius 2 is 2.12 bits per heavy atom. The Balaban J connectivity index is 2.51. The van der Waals surface area contributed by atoms with Gasteiger partial charge < -0.3 is 19.3 Å². The second-order valence-electron chi connectivity index (χ2n) is 4.56. The molecule has 1 N–H and O–H groups in total. The van der Waals surface area contributed by atoms with Gasteiger partial charge in [0.15, 0.2) is 11.5 Å². The third kappa shape index (κ3) is 6.31. The second kappa shape index (κ2) is 9.94. The lowest BCUT2D eigenvalue weighted by Gasteiger charge is -2.13. The molecule has 1 unspecified atom stereocenters. The van der Waals surface area contributed by atoms with E-state index in [1.165, 1.54) is 6.92 Å². The van der Waals surface area contributed by atoms with Crippen LogP contribution in [0.4, 0.5) is 0 Å². The average molecular weight is 362 g/mol. The molecule has 0 aliphatic rings. The molecule has 0 radical (unpaired) electrons. The van der Waals surface area contributed by atoms with Crippen LogP contribution in [0.15, 0.2) is 42.3 Å². The highest BCUT2D eigenvalue weighted by molar-refractivity contribution is 5.42. The molecule has 4 heteroatoms. The number of methoxy groups -OCH3 is 2. The van der Waals surface area contributed by atoms with Crippen molar-refractivity contribution in [1.82, 2.24) is 0 Å². The lowest BCUT2D eigenvalue weighted by Crippen LogP contribution is -2.17. The van der Waals surface area contributed by atoms with Crippen molar-refractivity contribution in [2.45, 2.75) is 38.5 Å². The third-order valence-corrected chi connectivity index (χ3v) is 2.73. The molecule has 0 spiro atoms. The summed E-state index contributed by atoms with van der Waals surface area (Å²) in [5.41, 5.74) is -1.18. The summed E-state index contributed by atoms with van der Waals surface area (Å²) >= 11 is 0. The molecular weight excluding hydrogens is 316 g/mol. The Morgan fingerprint density at radius 3 is 2.92 bits per heavy atom. The van der Waals surface area contributed by atoms with E-state index in [0.29, 0.717) is 0 Å². The normalized spacial score (nSPS) is 25.2. The minimum absolute atomic E-state index is 0.0658. The summed E-state index contributed by atoms with van der Waals surface area (Å²) in [5, 5.41) is 10.6. The molecule has 0 saturated carbocycles. The van der Waals surface area contributed by atoms with Crippen LogP contribution in [-0.2, 0) is 6.37 Å². The van der Waals surface area contributed by atoms with Gasteiger partial charge in [0.05, 0.1) is 35.3 Å². The Kier molecular flexibility index (Phi) is 2.59. The van der Waals surface area contributed by atoms with Gasteiger partial charge in [0.1, 0.15) is 12.4 Å². The molecule has 25 heavy (non-hydrogen) atoms. The van der Waals surface area contributed by atoms with E-state index in [2.05, 4.69) is 4.74 Å². The summed E-state index contributed by atoms with van der Waals surface area (Å²) in [4.78, 5) is 0. The van der Waals surface area contributed by atoms with E-state index in [1.54, 1.807) is 0 Å². The molecule has 0 fully saturated rings. The topological polar surface area (TPSA) is 47.9 Å². The van der Waals surface area contributed by atoms with Crippen molar-refractivity contribution < 1.29 is 42.6 Å². The fourth-order valence-corrected chi connectivity index (χ4v) is 1.61. The van der Waals surface area contributed by atoms with Crippen LogP contribution in [0.1, 0.15) is 53.6 Å². The van der Waals surface area contributed by atoms with E-state index in [9.17, 15) is 5.11 Å². The zero-order valence-corrected chi connectivity index (χ0v) is 13.6. The van der Waals surface area contributed by atoms with E-state index in [-0.39, 0.29) is 5.56 Å². The zero-order chi connectivity index (χ0) is 33.0. The van der Waals surface area contributed by atoms with Crippen molar-refractivity contribution >= 4 is 0 Å². The standard InChI is InChI=1S/C21H28O4/c1-16-7-6-10-19(13-16)25-15-18(22)9-5-4-8-17-11-12-20(23-2)21(14-17)24-3/h6-7,10-14,18,22H,4-5,8-9,15H2,1-3H3/i2D3,4D2,6D,7D,8D2,9D2,10D,11D,12D,13D,14D,18D. The molecule has 2 aromatic rings. The van der Waals surface area contributed by atoms with Crippen molar-refractivity contribution in [3.8, 4) is 17.2 Å². The van der Waals surface area contributed by atoms with Crippen molar-refractivity contribution in [2.24, 2.45) is 0 Å². The number of rotatable bonds is 10. The minimum Gasteiger partial charge on any atom is -0.493 e. The monoisotopic (exact) mass is 361 g/mol. The van der Waals surface area contributed by atoms with Crippen molar-refractivity contribution in [3.05, 3.63) is 53.4 Å². The number of aliphatic hydroxyl groups is 1. The van der Waals surface area contributed by atoms with Gasteiger partial charge in [-0.15, -0.1) is 0 Å². The van der Waals surface area contributed by atoms with Crippen LogP contribution in [0.2, 0.25) is 0 Å². The van der Waals surface area contributed by atoms with E-state index in [0.717, 1.165) is 7.11 Å². The first-order valence-corrected chi connectivity index (χ1v) is 7.05. The lowest BCUT2D eigenvalue weighted by molar-refractivity contribution is 0.0976. The predicted molar refractivity (Wildman–Crippen MR) is 99.8 cm³/mol. The molecule has 1 atom stereocenters. The fraction of sp³-hybridized carbons (Fsp3) is 0.429. The number of hydrogen-bond donors (Lipinski definition) is 1. The predicted octanol–water partition coefficient (Wildman–Crippen LogP) is 4.16. The largest absolute Gasteiger partial charge is 0.493 e. The molecule has 136 valence electrons. The molecule has 0 aliphatic heterocycles. The van der Waals surface area contributed by atoms with Crippen LogP contribution in [0.3, 0.4) is 0 Å². The Morgan fingerprint density at radius 1 is 1.24 bits per heavy atom. The quantitative estimate of drug-likeness (QED) is 0.690. The first-order chi connectivity index (χ1) is 18.8. The van der Waals surface area contributed by atoms with Gasteiger partial charge in [0.2, 0.25) is 0 Å². The SMILES string of the molecule is [2H]c1c([2H])c(C)c([2H])c(OCC([2H])(O)C([2H])([2H])CC([2H])([2H])C([2H])([2H])c2c([2H])c([2H])c(OC([2H])([2H])[2H])c(OC)c2[2H])c1[2H]. The zero-order valence-electron chi connectivity index (χ0n) is 30.6. The molecule has 4 nitrogen and oxygen atoms in total. The maximum absolute atomic E-state index is 10.6. The van der Waals surface area contributed by atoms with Gasteiger partial charge in [-0.05, 0) is 61.3 Å². The maximum Gasteiger partial charge on any atom is 0.160 e. The van der Waals surface area contributed by atoms with Crippen molar-refractivity contribution in [1.29, 1.82) is 0 Å². The Labute approximate surface area is 174 Å². The third-order valence-electron chi connectivity index (χ3n) is 2.73. The molecule has 0 bridgehead atoms. The van der Waals surface area contributed by atoms with E-state index >= 15 is 0 Å². The first kappa shape index (κ1) is 6.51. The molecule has 0 heterocycles. The number of hydrogen-bond acceptors (Lipinski definition) is 4. The first-order valence-electron chi connectivity index (χ1n) is 15.5. The highest BCUT2D eigenvalue weighted by Gasteiger charge is 2.07. The second-order valence-corrected chi connectivity index (χ2v) is 4.56. The summed E-state index contributed by atoms with van der Waals surface area (Å²) in [6.07, 6.45) is -15.2. The van der Waals surface area contributed by atoms with Gasteiger partial charge >= 0.3 is 0 Å². The van der Waals surface area contributed by atoms with Gasteiger partial charge in [-0.1, -0.05) is 24.5 Å². The minimum atomic E-state index is -3.48. The van der Waals surface area contributed by atoms with Gasteiger partial charge in [0.25, 0.3) is 0 Å². The molecule has 0 saturated heterocycles.